The van der Waals surface area contributed by atoms with Crippen molar-refractivity contribution in [2.45, 2.75) is 12.8 Å². The van der Waals surface area contributed by atoms with Crippen molar-refractivity contribution in [2.75, 3.05) is 0 Å². The minimum absolute atomic E-state index is 0.0671. The van der Waals surface area contributed by atoms with Crippen molar-refractivity contribution in [3.05, 3.63) is 70.8 Å². The number of Topliss-reactive ketones (excluding diaryl/α,β-unsaturated/α-hetero) is 2. The molecule has 2 aromatic carbocycles. The minimum atomic E-state index is 0.0671. The lowest BCUT2D eigenvalue weighted by Crippen LogP contribution is -1.98. The van der Waals surface area contributed by atoms with Gasteiger partial charge in [0.15, 0.2) is 11.6 Å². The van der Waals surface area contributed by atoms with Gasteiger partial charge in [0.1, 0.15) is 0 Å². The second kappa shape index (κ2) is 4.84. The molecule has 0 bridgehead atoms. The van der Waals surface area contributed by atoms with Crippen molar-refractivity contribution in [3.63, 3.8) is 0 Å². The summed E-state index contributed by atoms with van der Waals surface area (Å²) in [6.07, 6.45) is 0.539. The van der Waals surface area contributed by atoms with E-state index in [0.29, 0.717) is 22.6 Å². The van der Waals surface area contributed by atoms with E-state index in [1.54, 1.807) is 0 Å². The van der Waals surface area contributed by atoms with Crippen LogP contribution < -0.4 is 0 Å². The highest BCUT2D eigenvalue weighted by Crippen LogP contribution is 2.25. The molecule has 4 heteroatoms. The fourth-order valence-corrected chi connectivity index (χ4v) is 2.94. The molecule has 0 N–H and O–H groups in total. The monoisotopic (exact) mass is 288 g/mol. The Morgan fingerprint density at radius 2 is 0.955 bits per heavy atom. The van der Waals surface area contributed by atoms with Crippen LogP contribution in [0.15, 0.2) is 58.7 Å². The second-order valence-electron chi connectivity index (χ2n) is 5.38. The Bertz CT molecular complexity index is 805. The number of hydrogen-bond donors (Lipinski definition) is 0. The van der Waals surface area contributed by atoms with Crippen molar-refractivity contribution in [2.24, 2.45) is 10.2 Å². The zero-order valence-electron chi connectivity index (χ0n) is 11.7. The van der Waals surface area contributed by atoms with Gasteiger partial charge in [-0.3, -0.25) is 9.59 Å². The highest BCUT2D eigenvalue weighted by atomic mass is 16.1. The van der Waals surface area contributed by atoms with Gasteiger partial charge >= 0.3 is 0 Å². The maximum atomic E-state index is 11.9. The summed E-state index contributed by atoms with van der Waals surface area (Å²) in [6.45, 7) is 0. The van der Waals surface area contributed by atoms with Gasteiger partial charge < -0.3 is 0 Å². The van der Waals surface area contributed by atoms with Crippen LogP contribution in [0.5, 0.6) is 0 Å². The van der Waals surface area contributed by atoms with Crippen LogP contribution in [0.1, 0.15) is 44.7 Å². The Kier molecular flexibility index (Phi) is 2.82. The zero-order valence-corrected chi connectivity index (χ0v) is 11.7. The van der Waals surface area contributed by atoms with Gasteiger partial charge in [0, 0.05) is 22.3 Å². The Morgan fingerprint density at radius 1 is 0.591 bits per heavy atom. The van der Waals surface area contributed by atoms with Crippen LogP contribution in [0.2, 0.25) is 0 Å². The van der Waals surface area contributed by atoms with Crippen molar-refractivity contribution in [1.82, 2.24) is 0 Å². The van der Waals surface area contributed by atoms with E-state index in [2.05, 4.69) is 10.2 Å². The summed E-state index contributed by atoms with van der Waals surface area (Å²) in [5.74, 6) is 0.134. The lowest BCUT2D eigenvalue weighted by molar-refractivity contribution is 0.0997. The first-order valence-corrected chi connectivity index (χ1v) is 7.12. The molecule has 22 heavy (non-hydrogen) atoms. The molecule has 0 aliphatic heterocycles. The molecule has 0 aromatic heterocycles. The van der Waals surface area contributed by atoms with Gasteiger partial charge in [0.2, 0.25) is 0 Å². The second-order valence-corrected chi connectivity index (χ2v) is 5.38. The number of fused-ring (bicyclic) bond motifs is 2. The average Bonchev–Trinajstić information content (AvgIpc) is 3.04. The number of nitrogens with zero attached hydrogens (tertiary/aromatic N) is 2. The van der Waals surface area contributed by atoms with Gasteiger partial charge in [0.05, 0.1) is 24.3 Å². The number of ketones is 2. The van der Waals surface area contributed by atoms with Crippen LogP contribution in [0.25, 0.3) is 0 Å². The first-order valence-electron chi connectivity index (χ1n) is 7.12. The maximum absolute atomic E-state index is 11.9. The first kappa shape index (κ1) is 12.8. The van der Waals surface area contributed by atoms with Crippen LogP contribution in [0.4, 0.5) is 0 Å². The molecule has 0 saturated heterocycles. The van der Waals surface area contributed by atoms with E-state index in [-0.39, 0.29) is 24.4 Å². The van der Waals surface area contributed by atoms with Gasteiger partial charge in [0.25, 0.3) is 0 Å². The van der Waals surface area contributed by atoms with E-state index in [4.69, 9.17) is 0 Å². The molecule has 0 radical (unpaired) electrons. The number of benzene rings is 2. The maximum Gasteiger partial charge on any atom is 0.169 e. The van der Waals surface area contributed by atoms with Crippen LogP contribution >= 0.6 is 0 Å². The Morgan fingerprint density at radius 3 is 1.36 bits per heavy atom. The molecule has 2 aliphatic carbocycles. The lowest BCUT2D eigenvalue weighted by atomic mass is 10.1. The van der Waals surface area contributed by atoms with Crippen molar-refractivity contribution >= 4 is 23.0 Å². The zero-order chi connectivity index (χ0) is 15.1. The molecule has 0 fully saturated rings. The highest BCUT2D eigenvalue weighted by molar-refractivity contribution is 6.28. The summed E-state index contributed by atoms with van der Waals surface area (Å²) >= 11 is 0. The van der Waals surface area contributed by atoms with Gasteiger partial charge in [-0.2, -0.15) is 10.2 Å². The third-order valence-corrected chi connectivity index (χ3v) is 4.02. The Labute approximate surface area is 127 Å². The third kappa shape index (κ3) is 1.92. The van der Waals surface area contributed by atoms with Crippen LogP contribution in [-0.4, -0.2) is 23.0 Å². The van der Waals surface area contributed by atoms with Gasteiger partial charge in [-0.25, -0.2) is 0 Å². The van der Waals surface area contributed by atoms with E-state index in [1.807, 2.05) is 48.5 Å². The number of carbonyl (C=O) groups is 2. The third-order valence-electron chi connectivity index (χ3n) is 4.02. The number of carbonyl (C=O) groups excluding carboxylic acids is 2. The van der Waals surface area contributed by atoms with Crippen molar-refractivity contribution < 1.29 is 9.59 Å². The van der Waals surface area contributed by atoms with E-state index in [1.165, 1.54) is 0 Å². The molecule has 4 nitrogen and oxygen atoms in total. The van der Waals surface area contributed by atoms with E-state index >= 15 is 0 Å². The number of rotatable bonds is 1. The van der Waals surface area contributed by atoms with Crippen molar-refractivity contribution in [1.29, 1.82) is 0 Å². The lowest BCUT2D eigenvalue weighted by Gasteiger charge is -1.98. The summed E-state index contributed by atoms with van der Waals surface area (Å²) in [5, 5.41) is 8.52. The summed E-state index contributed by atoms with van der Waals surface area (Å²) in [4.78, 5) is 23.9. The molecule has 106 valence electrons. The molecule has 0 spiro atoms. The molecule has 0 heterocycles. The van der Waals surface area contributed by atoms with E-state index in [9.17, 15) is 9.59 Å². The van der Waals surface area contributed by atoms with Gasteiger partial charge in [-0.1, -0.05) is 48.5 Å². The molecule has 0 atom stereocenters. The highest BCUT2D eigenvalue weighted by Gasteiger charge is 2.27. The summed E-state index contributed by atoms with van der Waals surface area (Å²) < 4.78 is 0. The largest absolute Gasteiger partial charge is 0.294 e. The van der Waals surface area contributed by atoms with Crippen molar-refractivity contribution in [3.8, 4) is 0 Å². The topological polar surface area (TPSA) is 58.9 Å². The Balaban J connectivity index is 1.75. The molecular weight excluding hydrogens is 276 g/mol. The quantitative estimate of drug-likeness (QED) is 0.757. The minimum Gasteiger partial charge on any atom is -0.294 e. The smallest absolute Gasteiger partial charge is 0.169 e. The van der Waals surface area contributed by atoms with E-state index < -0.39 is 0 Å². The molecular formula is C18H12N2O2. The summed E-state index contributed by atoms with van der Waals surface area (Å²) in [5.41, 5.74) is 4.42. The van der Waals surface area contributed by atoms with Crippen LogP contribution in [0, 0.1) is 0 Å². The van der Waals surface area contributed by atoms with Crippen LogP contribution in [0.3, 0.4) is 0 Å². The fraction of sp³-hybridized carbons (Fsp3) is 0.111. The molecule has 2 aliphatic rings. The van der Waals surface area contributed by atoms with E-state index in [0.717, 1.165) is 11.1 Å². The van der Waals surface area contributed by atoms with Gasteiger partial charge in [-0.05, 0) is 0 Å². The predicted molar refractivity (Wildman–Crippen MR) is 83.9 cm³/mol. The Hall–Kier alpha value is -2.88. The summed E-state index contributed by atoms with van der Waals surface area (Å²) in [7, 11) is 0. The standard InChI is InChI=1S/C18H12N2O2/c21-17-9-15(11-5-1-3-7-13(11)17)19-20-16-10-18(22)14-8-4-2-6-12(14)16/h1-8H,9-10H2/b19-15+,20-16+. The molecule has 0 amide bonds. The SMILES string of the molecule is O=C1C/C(=N\N=C2/CC(=O)c3ccccc32)c2ccccc21. The molecule has 2 aromatic rings. The normalized spacial score (nSPS) is 19.8. The molecule has 4 rings (SSSR count). The summed E-state index contributed by atoms with van der Waals surface area (Å²) in [6, 6.07) is 14.8. The predicted octanol–water partition coefficient (Wildman–Crippen LogP) is 3.05. The molecule has 0 saturated carbocycles. The average molecular weight is 288 g/mol. The molecule has 0 unspecified atom stereocenters. The first-order chi connectivity index (χ1) is 10.7. The van der Waals surface area contributed by atoms with Gasteiger partial charge in [-0.15, -0.1) is 0 Å². The fourth-order valence-electron chi connectivity index (χ4n) is 2.94. The van der Waals surface area contributed by atoms with Crippen LogP contribution in [-0.2, 0) is 0 Å². The number of hydrogen-bond acceptors (Lipinski definition) is 4.